The largest absolute Gasteiger partial charge is 0.495 e. The van der Waals surface area contributed by atoms with Gasteiger partial charge in [-0.1, -0.05) is 13.0 Å². The number of methoxy groups -OCH3 is 1. The fourth-order valence-corrected chi connectivity index (χ4v) is 2.99. The maximum atomic E-state index is 12.0. The molecule has 0 unspecified atom stereocenters. The van der Waals surface area contributed by atoms with Gasteiger partial charge in [-0.3, -0.25) is 14.8 Å². The lowest BCUT2D eigenvalue weighted by Gasteiger charge is -2.14. The molecule has 0 bridgehead atoms. The average Bonchev–Trinajstić information content (AvgIpc) is 2.82. The van der Waals surface area contributed by atoms with Crippen LogP contribution < -0.4 is 14.8 Å². The average molecular weight is 438 g/mol. The van der Waals surface area contributed by atoms with Crippen molar-refractivity contribution in [2.45, 2.75) is 26.2 Å². The van der Waals surface area contributed by atoms with Crippen molar-refractivity contribution < 1.29 is 19.4 Å². The summed E-state index contributed by atoms with van der Waals surface area (Å²) >= 11 is 0. The van der Waals surface area contributed by atoms with Crippen molar-refractivity contribution in [2.24, 2.45) is 0 Å². The number of aliphatic hydroxyl groups excluding tert-OH is 1. The topological polar surface area (TPSA) is 119 Å². The summed E-state index contributed by atoms with van der Waals surface area (Å²) < 4.78 is 11.2. The molecule has 3 aromatic heterocycles. The Bertz CT molecular complexity index is 1030. The summed E-state index contributed by atoms with van der Waals surface area (Å²) in [5.74, 6) is 1.64. The molecular formula is C23H27N5O4. The number of carbonyl (C=O) groups is 1. The molecule has 0 aliphatic carbocycles. The lowest BCUT2D eigenvalue weighted by Crippen LogP contribution is -2.27. The molecule has 0 saturated heterocycles. The van der Waals surface area contributed by atoms with Gasteiger partial charge in [-0.15, -0.1) is 0 Å². The van der Waals surface area contributed by atoms with Crippen LogP contribution in [0.4, 0.5) is 0 Å². The SMILES string of the molecule is COc1ccc([C@H](C)CCOc2nc(C)ncc2-c2ccc(C(=O)NCCO)nc2)nc1. The third-order valence-electron chi connectivity index (χ3n) is 4.87. The Morgan fingerprint density at radius 1 is 1.12 bits per heavy atom. The van der Waals surface area contributed by atoms with Gasteiger partial charge >= 0.3 is 0 Å². The predicted molar refractivity (Wildman–Crippen MR) is 119 cm³/mol. The zero-order valence-corrected chi connectivity index (χ0v) is 18.4. The van der Waals surface area contributed by atoms with Crippen molar-refractivity contribution in [3.63, 3.8) is 0 Å². The number of hydrogen-bond acceptors (Lipinski definition) is 8. The molecule has 1 amide bonds. The number of rotatable bonds is 10. The molecule has 1 atom stereocenters. The zero-order chi connectivity index (χ0) is 22.9. The third-order valence-corrected chi connectivity index (χ3v) is 4.87. The summed E-state index contributed by atoms with van der Waals surface area (Å²) in [5, 5.41) is 11.4. The number of pyridine rings is 2. The summed E-state index contributed by atoms with van der Waals surface area (Å²) in [4.78, 5) is 29.3. The van der Waals surface area contributed by atoms with E-state index in [1.54, 1.807) is 44.8 Å². The van der Waals surface area contributed by atoms with Gasteiger partial charge in [-0.25, -0.2) is 4.98 Å². The van der Waals surface area contributed by atoms with Crippen molar-refractivity contribution in [3.8, 4) is 22.8 Å². The molecule has 0 radical (unpaired) electrons. The van der Waals surface area contributed by atoms with E-state index in [2.05, 4.69) is 32.2 Å². The second-order valence-corrected chi connectivity index (χ2v) is 7.21. The number of hydrogen-bond donors (Lipinski definition) is 2. The third kappa shape index (κ3) is 5.98. The van der Waals surface area contributed by atoms with E-state index in [0.717, 1.165) is 23.4 Å². The summed E-state index contributed by atoms with van der Waals surface area (Å²) in [6, 6.07) is 7.23. The molecule has 32 heavy (non-hydrogen) atoms. The van der Waals surface area contributed by atoms with Gasteiger partial charge in [-0.05, 0) is 31.5 Å². The van der Waals surface area contributed by atoms with E-state index in [4.69, 9.17) is 14.6 Å². The molecule has 0 aromatic carbocycles. The standard InChI is InChI=1S/C23H27N5O4/c1-15(20-7-5-18(31-3)13-27-20)8-11-32-23-19(14-25-16(2)28-23)17-4-6-21(26-12-17)22(30)24-9-10-29/h4-7,12-15,29H,8-11H2,1-3H3,(H,24,30)/t15-/m1/s1. The highest BCUT2D eigenvalue weighted by atomic mass is 16.5. The summed E-state index contributed by atoms with van der Waals surface area (Å²) in [6.07, 6.45) is 5.73. The van der Waals surface area contributed by atoms with Crippen molar-refractivity contribution >= 4 is 5.91 Å². The van der Waals surface area contributed by atoms with E-state index in [9.17, 15) is 4.79 Å². The van der Waals surface area contributed by atoms with Crippen LogP contribution in [0, 0.1) is 6.92 Å². The number of ether oxygens (including phenoxy) is 2. The first-order valence-electron chi connectivity index (χ1n) is 10.3. The first-order chi connectivity index (χ1) is 15.5. The highest BCUT2D eigenvalue weighted by molar-refractivity contribution is 5.92. The number of carbonyl (C=O) groups excluding carboxylic acids is 1. The first kappa shape index (κ1) is 23.1. The van der Waals surface area contributed by atoms with Gasteiger partial charge in [0.2, 0.25) is 5.88 Å². The van der Waals surface area contributed by atoms with Crippen molar-refractivity contribution in [2.75, 3.05) is 26.9 Å². The van der Waals surface area contributed by atoms with Crippen LogP contribution in [-0.2, 0) is 0 Å². The lowest BCUT2D eigenvalue weighted by molar-refractivity contribution is 0.0940. The molecule has 168 valence electrons. The molecule has 2 N–H and O–H groups in total. The van der Waals surface area contributed by atoms with Gasteiger partial charge in [0.05, 0.1) is 32.1 Å². The van der Waals surface area contributed by atoms with Crippen LogP contribution in [0.5, 0.6) is 11.6 Å². The van der Waals surface area contributed by atoms with Crippen molar-refractivity contribution in [3.05, 3.63) is 60.1 Å². The number of aryl methyl sites for hydroxylation is 1. The van der Waals surface area contributed by atoms with E-state index >= 15 is 0 Å². The monoisotopic (exact) mass is 437 g/mol. The van der Waals surface area contributed by atoms with E-state index < -0.39 is 0 Å². The number of nitrogens with one attached hydrogen (secondary N) is 1. The van der Waals surface area contributed by atoms with Crippen LogP contribution in [0.3, 0.4) is 0 Å². The molecular weight excluding hydrogens is 410 g/mol. The molecule has 3 aromatic rings. The van der Waals surface area contributed by atoms with Gasteiger partial charge in [0.25, 0.3) is 5.91 Å². The van der Waals surface area contributed by atoms with Gasteiger partial charge in [0.1, 0.15) is 17.3 Å². The van der Waals surface area contributed by atoms with Crippen molar-refractivity contribution in [1.29, 1.82) is 0 Å². The fourth-order valence-electron chi connectivity index (χ4n) is 2.99. The van der Waals surface area contributed by atoms with E-state index in [0.29, 0.717) is 23.9 Å². The van der Waals surface area contributed by atoms with Crippen LogP contribution in [-0.4, -0.2) is 57.8 Å². The van der Waals surface area contributed by atoms with Crippen LogP contribution in [0.15, 0.2) is 42.9 Å². The summed E-state index contributed by atoms with van der Waals surface area (Å²) in [5.41, 5.74) is 2.66. The van der Waals surface area contributed by atoms with Crippen LogP contribution in [0.1, 0.15) is 41.3 Å². The number of nitrogens with zero attached hydrogens (tertiary/aromatic N) is 4. The maximum Gasteiger partial charge on any atom is 0.269 e. The molecule has 9 nitrogen and oxygen atoms in total. The normalized spacial score (nSPS) is 11.6. The van der Waals surface area contributed by atoms with E-state index in [-0.39, 0.29) is 30.7 Å². The van der Waals surface area contributed by atoms with Gasteiger partial charge < -0.3 is 19.9 Å². The van der Waals surface area contributed by atoms with Crippen molar-refractivity contribution in [1.82, 2.24) is 25.3 Å². The minimum Gasteiger partial charge on any atom is -0.495 e. The molecule has 0 fully saturated rings. The Hall–Kier alpha value is -3.59. The van der Waals surface area contributed by atoms with Crippen LogP contribution >= 0.6 is 0 Å². The maximum absolute atomic E-state index is 12.0. The van der Waals surface area contributed by atoms with Crippen LogP contribution in [0.2, 0.25) is 0 Å². The Kier molecular flexibility index (Phi) is 8.04. The predicted octanol–water partition coefficient (Wildman–Crippen LogP) is 2.55. The smallest absolute Gasteiger partial charge is 0.269 e. The highest BCUT2D eigenvalue weighted by Gasteiger charge is 2.14. The molecule has 0 spiro atoms. The highest BCUT2D eigenvalue weighted by Crippen LogP contribution is 2.28. The molecule has 0 aliphatic rings. The number of amides is 1. The quantitative estimate of drug-likeness (QED) is 0.497. The van der Waals surface area contributed by atoms with Gasteiger partial charge in [-0.2, -0.15) is 4.98 Å². The van der Waals surface area contributed by atoms with Gasteiger partial charge in [0.15, 0.2) is 0 Å². The lowest BCUT2D eigenvalue weighted by atomic mass is 10.0. The Balaban J connectivity index is 1.67. The zero-order valence-electron chi connectivity index (χ0n) is 18.4. The molecule has 0 aliphatic heterocycles. The fraction of sp³-hybridized carbons (Fsp3) is 0.348. The summed E-state index contributed by atoms with van der Waals surface area (Å²) in [7, 11) is 1.62. The number of aromatic nitrogens is 4. The van der Waals surface area contributed by atoms with Crippen LogP contribution in [0.25, 0.3) is 11.1 Å². The Morgan fingerprint density at radius 3 is 2.62 bits per heavy atom. The number of aliphatic hydroxyl groups is 1. The van der Waals surface area contributed by atoms with Gasteiger partial charge in [0, 0.05) is 36.1 Å². The minimum atomic E-state index is -0.344. The first-order valence-corrected chi connectivity index (χ1v) is 10.3. The molecule has 9 heteroatoms. The Labute approximate surface area is 186 Å². The molecule has 3 heterocycles. The second kappa shape index (κ2) is 11.1. The van der Waals surface area contributed by atoms with E-state index in [1.807, 2.05) is 12.1 Å². The molecule has 3 rings (SSSR count). The second-order valence-electron chi connectivity index (χ2n) is 7.21. The summed E-state index contributed by atoms with van der Waals surface area (Å²) in [6.45, 7) is 4.39. The Morgan fingerprint density at radius 2 is 1.97 bits per heavy atom. The minimum absolute atomic E-state index is 0.127. The van der Waals surface area contributed by atoms with E-state index in [1.165, 1.54) is 0 Å². The molecule has 0 saturated carbocycles.